The van der Waals surface area contributed by atoms with E-state index in [-0.39, 0.29) is 0 Å². The molecule has 3 aromatic heterocycles. The number of thiophene rings is 1. The molecule has 0 radical (unpaired) electrons. The van der Waals surface area contributed by atoms with Gasteiger partial charge in [-0.2, -0.15) is 4.98 Å². The Kier molecular flexibility index (Phi) is 3.77. The first-order valence-electron chi connectivity index (χ1n) is 6.19. The number of anilines is 2. The molecule has 0 aromatic carbocycles. The summed E-state index contributed by atoms with van der Waals surface area (Å²) in [7, 11) is 0. The van der Waals surface area contributed by atoms with Crippen LogP contribution in [-0.2, 0) is 13.0 Å². The highest BCUT2D eigenvalue weighted by molar-refractivity contribution is 7.18. The summed E-state index contributed by atoms with van der Waals surface area (Å²) in [4.78, 5) is 15.2. The van der Waals surface area contributed by atoms with Gasteiger partial charge in [0.1, 0.15) is 15.7 Å². The molecule has 0 atom stereocenters. The number of nitrogens with two attached hydrogens (primary N) is 1. The fraction of sp³-hybridized carbons (Fsp3) is 0.250. The number of hydrogen-bond donors (Lipinski definition) is 3. The minimum Gasteiger partial charge on any atom is -0.363 e. The van der Waals surface area contributed by atoms with Crippen LogP contribution in [-0.4, -0.2) is 15.0 Å². The van der Waals surface area contributed by atoms with Gasteiger partial charge in [0, 0.05) is 16.5 Å². The molecule has 0 aliphatic rings. The largest absolute Gasteiger partial charge is 0.363 e. The summed E-state index contributed by atoms with van der Waals surface area (Å²) in [6, 6.07) is 2.13. The molecular weight excluding hydrogens is 292 g/mol. The minimum atomic E-state index is 0.420. The number of nitrogen functional groups attached to an aromatic ring is 1. The van der Waals surface area contributed by atoms with E-state index in [4.69, 9.17) is 5.84 Å². The lowest BCUT2D eigenvalue weighted by Crippen LogP contribution is -2.12. The van der Waals surface area contributed by atoms with Crippen molar-refractivity contribution >= 4 is 44.7 Å². The van der Waals surface area contributed by atoms with Crippen molar-refractivity contribution in [2.75, 3.05) is 10.7 Å². The van der Waals surface area contributed by atoms with Crippen molar-refractivity contribution in [1.82, 2.24) is 15.0 Å². The minimum absolute atomic E-state index is 0.420. The van der Waals surface area contributed by atoms with Crippen molar-refractivity contribution in [3.8, 4) is 0 Å². The molecule has 0 bridgehead atoms. The number of aryl methyl sites for hydroxylation is 1. The van der Waals surface area contributed by atoms with Crippen LogP contribution in [0.5, 0.6) is 0 Å². The van der Waals surface area contributed by atoms with E-state index in [0.717, 1.165) is 27.5 Å². The topological polar surface area (TPSA) is 88.8 Å². The monoisotopic (exact) mass is 306 g/mol. The van der Waals surface area contributed by atoms with Crippen LogP contribution in [0.2, 0.25) is 0 Å². The third-order valence-electron chi connectivity index (χ3n) is 2.81. The van der Waals surface area contributed by atoms with Gasteiger partial charge in [0.25, 0.3) is 0 Å². The van der Waals surface area contributed by atoms with Gasteiger partial charge in [0.15, 0.2) is 0 Å². The lowest BCUT2D eigenvalue weighted by Gasteiger charge is -2.06. The average molecular weight is 306 g/mol. The zero-order valence-electron chi connectivity index (χ0n) is 10.9. The molecular formula is C12H14N6S2. The third-order valence-corrected chi connectivity index (χ3v) is 4.76. The summed E-state index contributed by atoms with van der Waals surface area (Å²) in [6.07, 6.45) is 2.78. The molecule has 20 heavy (non-hydrogen) atoms. The van der Waals surface area contributed by atoms with Gasteiger partial charge in [-0.05, 0) is 12.5 Å². The number of hydrogen-bond acceptors (Lipinski definition) is 8. The van der Waals surface area contributed by atoms with Gasteiger partial charge < -0.3 is 5.32 Å². The van der Waals surface area contributed by atoms with Crippen molar-refractivity contribution in [2.24, 2.45) is 5.84 Å². The highest BCUT2D eigenvalue weighted by atomic mass is 32.1. The first-order chi connectivity index (χ1) is 9.80. The molecule has 0 aliphatic carbocycles. The highest BCUT2D eigenvalue weighted by Crippen LogP contribution is 2.30. The van der Waals surface area contributed by atoms with E-state index in [0.29, 0.717) is 12.5 Å². The van der Waals surface area contributed by atoms with Gasteiger partial charge in [-0.1, -0.05) is 6.92 Å². The Labute approximate surface area is 124 Å². The number of hydrazine groups is 1. The van der Waals surface area contributed by atoms with Gasteiger partial charge in [-0.3, -0.25) is 5.43 Å². The van der Waals surface area contributed by atoms with Crippen molar-refractivity contribution in [3.05, 3.63) is 27.5 Å². The smallest absolute Gasteiger partial charge is 0.240 e. The summed E-state index contributed by atoms with van der Waals surface area (Å²) in [6.45, 7) is 2.77. The maximum atomic E-state index is 5.43. The van der Waals surface area contributed by atoms with Crippen LogP contribution < -0.4 is 16.6 Å². The predicted molar refractivity (Wildman–Crippen MR) is 84.0 cm³/mol. The van der Waals surface area contributed by atoms with Crippen LogP contribution in [0, 0.1) is 0 Å². The SMILES string of the molecule is CCc1cc2c(NCc3nccs3)nc(NN)nc2s1. The Bertz CT molecular complexity index is 706. The molecule has 8 heteroatoms. The molecule has 104 valence electrons. The second-order valence-corrected chi connectivity index (χ2v) is 6.20. The molecule has 0 fully saturated rings. The van der Waals surface area contributed by atoms with Crippen molar-refractivity contribution in [2.45, 2.75) is 19.9 Å². The summed E-state index contributed by atoms with van der Waals surface area (Å²) in [5.41, 5.74) is 2.51. The van der Waals surface area contributed by atoms with Crippen LogP contribution in [0.25, 0.3) is 10.2 Å². The van der Waals surface area contributed by atoms with Gasteiger partial charge in [0.2, 0.25) is 5.95 Å². The van der Waals surface area contributed by atoms with E-state index < -0.39 is 0 Å². The molecule has 0 aliphatic heterocycles. The zero-order valence-corrected chi connectivity index (χ0v) is 12.5. The number of nitrogens with one attached hydrogen (secondary N) is 2. The van der Waals surface area contributed by atoms with E-state index in [9.17, 15) is 0 Å². The third kappa shape index (κ3) is 2.58. The number of fused-ring (bicyclic) bond motifs is 1. The van der Waals surface area contributed by atoms with E-state index in [1.807, 2.05) is 5.38 Å². The molecule has 3 heterocycles. The number of aromatic nitrogens is 3. The van der Waals surface area contributed by atoms with Crippen LogP contribution in [0.1, 0.15) is 16.8 Å². The van der Waals surface area contributed by atoms with E-state index >= 15 is 0 Å². The Balaban J connectivity index is 1.96. The van der Waals surface area contributed by atoms with Crippen LogP contribution in [0.15, 0.2) is 17.6 Å². The zero-order chi connectivity index (χ0) is 13.9. The standard InChI is InChI=1S/C12H14N6S2/c1-2-7-5-8-10(15-6-9-14-3-4-19-9)16-12(18-13)17-11(8)20-7/h3-5H,2,6,13H2,1H3,(H2,15,16,17,18). The van der Waals surface area contributed by atoms with Gasteiger partial charge >= 0.3 is 0 Å². The Morgan fingerprint density at radius 2 is 2.25 bits per heavy atom. The predicted octanol–water partition coefficient (Wildman–Crippen LogP) is 2.61. The molecule has 3 rings (SSSR count). The van der Waals surface area contributed by atoms with Crippen molar-refractivity contribution in [1.29, 1.82) is 0 Å². The molecule has 6 nitrogen and oxygen atoms in total. The van der Waals surface area contributed by atoms with Crippen LogP contribution in [0.3, 0.4) is 0 Å². The van der Waals surface area contributed by atoms with Crippen molar-refractivity contribution < 1.29 is 0 Å². The first kappa shape index (κ1) is 13.2. The molecule has 3 aromatic rings. The fourth-order valence-corrected chi connectivity index (χ4v) is 3.37. The van der Waals surface area contributed by atoms with E-state index in [1.54, 1.807) is 28.9 Å². The van der Waals surface area contributed by atoms with E-state index in [2.05, 4.69) is 38.7 Å². The maximum Gasteiger partial charge on any atom is 0.240 e. The number of nitrogens with zero attached hydrogens (tertiary/aromatic N) is 3. The number of rotatable bonds is 5. The quantitative estimate of drug-likeness (QED) is 0.496. The average Bonchev–Trinajstić information content (AvgIpc) is 3.12. The molecule has 0 amide bonds. The Morgan fingerprint density at radius 1 is 1.35 bits per heavy atom. The summed E-state index contributed by atoms with van der Waals surface area (Å²) < 4.78 is 0. The Morgan fingerprint density at radius 3 is 2.95 bits per heavy atom. The fourth-order valence-electron chi connectivity index (χ4n) is 1.84. The molecule has 0 spiro atoms. The van der Waals surface area contributed by atoms with Crippen LogP contribution in [0.4, 0.5) is 11.8 Å². The second-order valence-electron chi connectivity index (χ2n) is 4.10. The molecule has 4 N–H and O–H groups in total. The highest BCUT2D eigenvalue weighted by Gasteiger charge is 2.11. The van der Waals surface area contributed by atoms with Crippen LogP contribution >= 0.6 is 22.7 Å². The van der Waals surface area contributed by atoms with E-state index in [1.165, 1.54) is 4.88 Å². The summed E-state index contributed by atoms with van der Waals surface area (Å²) >= 11 is 3.28. The summed E-state index contributed by atoms with van der Waals surface area (Å²) in [5, 5.41) is 7.32. The lowest BCUT2D eigenvalue weighted by molar-refractivity contribution is 1.07. The molecule has 0 saturated carbocycles. The number of thiazole rings is 1. The normalized spacial score (nSPS) is 10.9. The van der Waals surface area contributed by atoms with Gasteiger partial charge in [-0.15, -0.1) is 22.7 Å². The first-order valence-corrected chi connectivity index (χ1v) is 7.89. The molecule has 0 unspecified atom stereocenters. The van der Waals surface area contributed by atoms with Crippen molar-refractivity contribution in [3.63, 3.8) is 0 Å². The van der Waals surface area contributed by atoms with Gasteiger partial charge in [-0.25, -0.2) is 15.8 Å². The summed E-state index contributed by atoms with van der Waals surface area (Å²) in [5.74, 6) is 6.64. The second kappa shape index (κ2) is 5.70. The lowest BCUT2D eigenvalue weighted by atomic mass is 10.3. The van der Waals surface area contributed by atoms with Gasteiger partial charge in [0.05, 0.1) is 11.9 Å². The maximum absolute atomic E-state index is 5.43. The Hall–Kier alpha value is -1.77. The molecule has 0 saturated heterocycles.